The number of amides is 1. The molecule has 2 aromatic rings. The van der Waals surface area contributed by atoms with Crippen LogP contribution in [0.3, 0.4) is 0 Å². The number of aliphatic carboxylic acids is 1. The molecule has 0 radical (unpaired) electrons. The molecule has 0 spiro atoms. The summed E-state index contributed by atoms with van der Waals surface area (Å²) in [6.45, 7) is 5.40. The monoisotopic (exact) mass is 291 g/mol. The zero-order chi connectivity index (χ0) is 15.6. The molecule has 0 aliphatic heterocycles. The number of aromatic nitrogens is 2. The quantitative estimate of drug-likeness (QED) is 0.869. The van der Waals surface area contributed by atoms with Gasteiger partial charge < -0.3 is 14.9 Å². The molecule has 0 fully saturated rings. The summed E-state index contributed by atoms with van der Waals surface area (Å²) in [7, 11) is 0. The topological polar surface area (TPSA) is 105 Å². The molecule has 2 unspecified atom stereocenters. The van der Waals surface area contributed by atoms with Gasteiger partial charge in [0.2, 0.25) is 0 Å². The minimum Gasteiger partial charge on any atom is -0.480 e. The average Bonchev–Trinajstić information content (AvgIpc) is 2.84. The summed E-state index contributed by atoms with van der Waals surface area (Å²) in [6.07, 6.45) is 2.00. The third-order valence-electron chi connectivity index (χ3n) is 3.54. The van der Waals surface area contributed by atoms with Gasteiger partial charge in [-0.05, 0) is 18.9 Å². The Hall–Kier alpha value is -2.44. The van der Waals surface area contributed by atoms with E-state index in [4.69, 9.17) is 4.52 Å². The number of carbonyl (C=O) groups excluding carboxylic acids is 1. The van der Waals surface area contributed by atoms with E-state index in [0.29, 0.717) is 23.2 Å². The number of fused-ring (bicyclic) bond motifs is 1. The van der Waals surface area contributed by atoms with E-state index in [-0.39, 0.29) is 11.5 Å². The number of hydrogen-bond acceptors (Lipinski definition) is 5. The van der Waals surface area contributed by atoms with Gasteiger partial charge in [0, 0.05) is 6.20 Å². The van der Waals surface area contributed by atoms with E-state index in [1.165, 1.54) is 6.20 Å². The van der Waals surface area contributed by atoms with Crippen molar-refractivity contribution in [2.45, 2.75) is 33.2 Å². The van der Waals surface area contributed by atoms with Crippen LogP contribution in [0.2, 0.25) is 0 Å². The van der Waals surface area contributed by atoms with Crippen molar-refractivity contribution in [1.82, 2.24) is 15.5 Å². The molecule has 1 amide bonds. The van der Waals surface area contributed by atoms with Crippen molar-refractivity contribution in [2.75, 3.05) is 0 Å². The fourth-order valence-corrected chi connectivity index (χ4v) is 1.98. The Labute approximate surface area is 121 Å². The van der Waals surface area contributed by atoms with Gasteiger partial charge in [-0.15, -0.1) is 0 Å². The molecule has 0 bridgehead atoms. The lowest BCUT2D eigenvalue weighted by Crippen LogP contribution is -2.45. The highest BCUT2D eigenvalue weighted by Gasteiger charge is 2.26. The highest BCUT2D eigenvalue weighted by atomic mass is 16.5. The van der Waals surface area contributed by atoms with Crippen LogP contribution in [0.1, 0.15) is 36.3 Å². The summed E-state index contributed by atoms with van der Waals surface area (Å²) < 4.78 is 4.97. The maximum absolute atomic E-state index is 12.2. The zero-order valence-electron chi connectivity index (χ0n) is 12.1. The van der Waals surface area contributed by atoms with Gasteiger partial charge in [-0.1, -0.05) is 25.4 Å². The number of nitrogens with zero attached hydrogens (tertiary/aromatic N) is 2. The number of hydrogen-bond donors (Lipinski definition) is 2. The van der Waals surface area contributed by atoms with Gasteiger partial charge in [0.05, 0.1) is 16.6 Å². The highest BCUT2D eigenvalue weighted by molar-refractivity contribution is 5.98. The molecule has 2 rings (SSSR count). The fraction of sp³-hybridized carbons (Fsp3) is 0.429. The number of pyridine rings is 1. The number of nitrogens with one attached hydrogen (secondary N) is 1. The second kappa shape index (κ2) is 5.90. The van der Waals surface area contributed by atoms with Crippen LogP contribution >= 0.6 is 0 Å². The standard InChI is InChI=1S/C14H17N3O4/c1-4-7(2)11(14(19)20)16-12(18)9-5-10-8(3)17-21-13(10)15-6-9/h5-7,11H,4H2,1-3H3,(H,16,18)(H,19,20). The predicted molar refractivity (Wildman–Crippen MR) is 74.9 cm³/mol. The van der Waals surface area contributed by atoms with E-state index >= 15 is 0 Å². The first-order valence-corrected chi connectivity index (χ1v) is 6.69. The second-order valence-electron chi connectivity index (χ2n) is 5.02. The molecule has 2 atom stereocenters. The minimum atomic E-state index is -1.05. The molecule has 0 aromatic carbocycles. The van der Waals surface area contributed by atoms with E-state index < -0.39 is 17.9 Å². The first-order valence-electron chi connectivity index (χ1n) is 6.69. The van der Waals surface area contributed by atoms with Gasteiger partial charge in [-0.3, -0.25) is 4.79 Å². The van der Waals surface area contributed by atoms with Crippen LogP contribution < -0.4 is 5.32 Å². The van der Waals surface area contributed by atoms with Crippen molar-refractivity contribution >= 4 is 23.0 Å². The molecule has 2 heterocycles. The van der Waals surface area contributed by atoms with E-state index in [1.54, 1.807) is 19.9 Å². The normalized spacial score (nSPS) is 13.9. The van der Waals surface area contributed by atoms with Crippen molar-refractivity contribution in [3.05, 3.63) is 23.5 Å². The molecule has 2 aromatic heterocycles. The minimum absolute atomic E-state index is 0.166. The lowest BCUT2D eigenvalue weighted by atomic mass is 9.99. The summed E-state index contributed by atoms with van der Waals surface area (Å²) in [5, 5.41) is 16.1. The van der Waals surface area contributed by atoms with Crippen molar-refractivity contribution < 1.29 is 19.2 Å². The predicted octanol–water partition coefficient (Wildman–Crippen LogP) is 1.76. The van der Waals surface area contributed by atoms with E-state index in [2.05, 4.69) is 15.5 Å². The number of carboxylic acids is 1. The van der Waals surface area contributed by atoms with Gasteiger partial charge in [-0.2, -0.15) is 0 Å². The van der Waals surface area contributed by atoms with Gasteiger partial charge in [0.1, 0.15) is 6.04 Å². The maximum atomic E-state index is 12.2. The van der Waals surface area contributed by atoms with Gasteiger partial charge in [0.25, 0.3) is 11.6 Å². The third-order valence-corrected chi connectivity index (χ3v) is 3.54. The van der Waals surface area contributed by atoms with Crippen LogP contribution in [0.15, 0.2) is 16.8 Å². The number of aryl methyl sites for hydroxylation is 1. The summed E-state index contributed by atoms with van der Waals surface area (Å²) in [6, 6.07) is 0.667. The zero-order valence-corrected chi connectivity index (χ0v) is 12.1. The first kappa shape index (κ1) is 15.0. The molecule has 0 saturated heterocycles. The Morgan fingerprint density at radius 3 is 2.81 bits per heavy atom. The summed E-state index contributed by atoms with van der Waals surface area (Å²) in [5.41, 5.74) is 1.26. The Kier molecular flexibility index (Phi) is 4.21. The lowest BCUT2D eigenvalue weighted by Gasteiger charge is -2.20. The van der Waals surface area contributed by atoms with Gasteiger partial charge >= 0.3 is 5.97 Å². The average molecular weight is 291 g/mol. The molecular formula is C14H17N3O4. The third kappa shape index (κ3) is 3.01. The Bertz CT molecular complexity index is 680. The smallest absolute Gasteiger partial charge is 0.326 e. The van der Waals surface area contributed by atoms with E-state index in [9.17, 15) is 14.7 Å². The molecule has 0 aliphatic carbocycles. The van der Waals surface area contributed by atoms with Crippen LogP contribution in [0.5, 0.6) is 0 Å². The van der Waals surface area contributed by atoms with Crippen molar-refractivity contribution in [3.63, 3.8) is 0 Å². The summed E-state index contributed by atoms with van der Waals surface area (Å²) >= 11 is 0. The number of carbonyl (C=O) groups is 2. The van der Waals surface area contributed by atoms with Crippen LogP contribution in [0.4, 0.5) is 0 Å². The van der Waals surface area contributed by atoms with Crippen molar-refractivity contribution in [1.29, 1.82) is 0 Å². The summed E-state index contributed by atoms with van der Waals surface area (Å²) in [5.74, 6) is -1.69. The molecule has 112 valence electrons. The highest BCUT2D eigenvalue weighted by Crippen LogP contribution is 2.17. The molecule has 7 heteroatoms. The molecule has 7 nitrogen and oxygen atoms in total. The Morgan fingerprint density at radius 1 is 1.48 bits per heavy atom. The van der Waals surface area contributed by atoms with Crippen molar-refractivity contribution in [3.8, 4) is 0 Å². The Balaban J connectivity index is 2.24. The van der Waals surface area contributed by atoms with E-state index in [0.717, 1.165) is 0 Å². The van der Waals surface area contributed by atoms with Crippen molar-refractivity contribution in [2.24, 2.45) is 5.92 Å². The van der Waals surface area contributed by atoms with Crippen LogP contribution in [-0.2, 0) is 4.79 Å². The van der Waals surface area contributed by atoms with Crippen LogP contribution in [-0.4, -0.2) is 33.2 Å². The number of rotatable bonds is 5. The lowest BCUT2D eigenvalue weighted by molar-refractivity contribution is -0.140. The molecule has 21 heavy (non-hydrogen) atoms. The Morgan fingerprint density at radius 2 is 2.19 bits per heavy atom. The van der Waals surface area contributed by atoms with Gasteiger partial charge in [0.15, 0.2) is 0 Å². The SMILES string of the molecule is CCC(C)C(NC(=O)c1cnc2onc(C)c2c1)C(=O)O. The second-order valence-corrected chi connectivity index (χ2v) is 5.02. The first-order chi connectivity index (χ1) is 9.93. The van der Waals surface area contributed by atoms with Crippen LogP contribution in [0.25, 0.3) is 11.1 Å². The molecule has 0 aliphatic rings. The number of carboxylic acid groups (broad SMARTS) is 1. The largest absolute Gasteiger partial charge is 0.480 e. The summed E-state index contributed by atoms with van der Waals surface area (Å²) in [4.78, 5) is 27.4. The molecule has 0 saturated carbocycles. The fourth-order valence-electron chi connectivity index (χ4n) is 1.98. The van der Waals surface area contributed by atoms with Gasteiger partial charge in [-0.25, -0.2) is 9.78 Å². The maximum Gasteiger partial charge on any atom is 0.326 e. The van der Waals surface area contributed by atoms with E-state index in [1.807, 2.05) is 6.92 Å². The molecular weight excluding hydrogens is 274 g/mol. The van der Waals surface area contributed by atoms with Crippen LogP contribution in [0, 0.1) is 12.8 Å². The molecule has 2 N–H and O–H groups in total.